The monoisotopic (exact) mass is 261 g/mol. The van der Waals surface area contributed by atoms with E-state index in [0.29, 0.717) is 12.1 Å². The quantitative estimate of drug-likeness (QED) is 0.779. The molecule has 1 aliphatic carbocycles. The van der Waals surface area contributed by atoms with Crippen LogP contribution in [-0.2, 0) is 4.74 Å². The molecule has 1 fully saturated rings. The van der Waals surface area contributed by atoms with E-state index in [1.54, 1.807) is 0 Å². The Labute approximate surface area is 117 Å². The van der Waals surface area contributed by atoms with Gasteiger partial charge in [-0.3, -0.25) is 0 Å². The maximum Gasteiger partial charge on any atom is 0.0665 e. The zero-order valence-corrected chi connectivity index (χ0v) is 12.1. The van der Waals surface area contributed by atoms with Gasteiger partial charge >= 0.3 is 0 Å². The molecule has 1 aromatic rings. The maximum absolute atomic E-state index is 6.17. The molecule has 19 heavy (non-hydrogen) atoms. The number of hydrogen-bond acceptors (Lipinski definition) is 2. The average Bonchev–Trinajstić information content (AvgIpc) is 2.73. The van der Waals surface area contributed by atoms with Gasteiger partial charge in [0, 0.05) is 0 Å². The number of benzene rings is 1. The Hall–Kier alpha value is -0.860. The Morgan fingerprint density at radius 1 is 1.11 bits per heavy atom. The van der Waals surface area contributed by atoms with Crippen molar-refractivity contribution in [3.8, 4) is 0 Å². The molecule has 0 aliphatic heterocycles. The van der Waals surface area contributed by atoms with Crippen LogP contribution in [0.3, 0.4) is 0 Å². The van der Waals surface area contributed by atoms with Crippen molar-refractivity contribution in [3.05, 3.63) is 35.9 Å². The van der Waals surface area contributed by atoms with Gasteiger partial charge in [-0.05, 0) is 24.9 Å². The van der Waals surface area contributed by atoms with Crippen LogP contribution < -0.4 is 5.32 Å². The van der Waals surface area contributed by atoms with Crippen LogP contribution >= 0.6 is 0 Å². The topological polar surface area (TPSA) is 21.3 Å². The smallest absolute Gasteiger partial charge is 0.0665 e. The highest BCUT2D eigenvalue weighted by Gasteiger charge is 2.16. The lowest BCUT2D eigenvalue weighted by Gasteiger charge is -2.22. The largest absolute Gasteiger partial charge is 0.376 e. The Morgan fingerprint density at radius 2 is 1.79 bits per heavy atom. The van der Waals surface area contributed by atoms with Crippen molar-refractivity contribution in [2.24, 2.45) is 0 Å². The maximum atomic E-state index is 6.17. The van der Waals surface area contributed by atoms with Gasteiger partial charge in [-0.1, -0.05) is 62.9 Å². The van der Waals surface area contributed by atoms with E-state index in [9.17, 15) is 0 Å². The van der Waals surface area contributed by atoms with E-state index in [4.69, 9.17) is 4.74 Å². The fourth-order valence-electron chi connectivity index (χ4n) is 2.85. The second-order valence-corrected chi connectivity index (χ2v) is 5.47. The molecule has 1 aromatic carbocycles. The molecule has 1 atom stereocenters. The third-order valence-electron chi connectivity index (χ3n) is 3.95. The van der Waals surface area contributed by atoms with Crippen LogP contribution in [0.2, 0.25) is 0 Å². The molecule has 2 rings (SSSR count). The standard InChI is InChI=1S/C17H27NO/c1-2-18-17(15-10-6-5-7-11-15)14-19-16-12-8-3-4-9-13-16/h5-7,10-11,16-18H,2-4,8-9,12-14H2,1H3. The molecule has 1 unspecified atom stereocenters. The first-order chi connectivity index (χ1) is 9.40. The van der Waals surface area contributed by atoms with Gasteiger partial charge in [0.15, 0.2) is 0 Å². The van der Waals surface area contributed by atoms with E-state index in [1.807, 2.05) is 0 Å². The third-order valence-corrected chi connectivity index (χ3v) is 3.95. The zero-order chi connectivity index (χ0) is 13.3. The highest BCUT2D eigenvalue weighted by atomic mass is 16.5. The molecule has 1 aliphatic rings. The molecule has 0 radical (unpaired) electrons. The van der Waals surface area contributed by atoms with E-state index in [0.717, 1.165) is 13.2 Å². The first-order valence-electron chi connectivity index (χ1n) is 7.80. The van der Waals surface area contributed by atoms with E-state index in [-0.39, 0.29) is 0 Å². The summed E-state index contributed by atoms with van der Waals surface area (Å²) in [5, 5.41) is 3.53. The summed E-state index contributed by atoms with van der Waals surface area (Å²) in [4.78, 5) is 0. The van der Waals surface area contributed by atoms with Crippen molar-refractivity contribution in [2.45, 2.75) is 57.6 Å². The van der Waals surface area contributed by atoms with Gasteiger partial charge < -0.3 is 10.1 Å². The Morgan fingerprint density at radius 3 is 2.42 bits per heavy atom. The SMILES string of the molecule is CCNC(COC1CCCCCC1)c1ccccc1. The minimum atomic E-state index is 0.328. The average molecular weight is 261 g/mol. The lowest BCUT2D eigenvalue weighted by Crippen LogP contribution is -2.27. The Bertz CT molecular complexity index is 330. The second-order valence-electron chi connectivity index (χ2n) is 5.47. The predicted molar refractivity (Wildman–Crippen MR) is 80.3 cm³/mol. The Balaban J connectivity index is 1.86. The van der Waals surface area contributed by atoms with E-state index in [1.165, 1.54) is 44.1 Å². The molecule has 0 bridgehead atoms. The molecule has 106 valence electrons. The fraction of sp³-hybridized carbons (Fsp3) is 0.647. The normalized spacial score (nSPS) is 19.0. The number of hydrogen-bond donors (Lipinski definition) is 1. The summed E-state index contributed by atoms with van der Waals surface area (Å²) in [7, 11) is 0. The van der Waals surface area contributed by atoms with E-state index >= 15 is 0 Å². The number of nitrogens with one attached hydrogen (secondary N) is 1. The van der Waals surface area contributed by atoms with Crippen LogP contribution in [0.25, 0.3) is 0 Å². The lowest BCUT2D eigenvalue weighted by atomic mass is 10.1. The molecule has 0 spiro atoms. The van der Waals surface area contributed by atoms with Crippen molar-refractivity contribution >= 4 is 0 Å². The van der Waals surface area contributed by atoms with Crippen molar-refractivity contribution in [3.63, 3.8) is 0 Å². The van der Waals surface area contributed by atoms with E-state index < -0.39 is 0 Å². The summed E-state index contributed by atoms with van der Waals surface area (Å²) in [6.45, 7) is 3.93. The minimum absolute atomic E-state index is 0.328. The molecular formula is C17H27NO. The van der Waals surface area contributed by atoms with Crippen LogP contribution in [0.1, 0.15) is 57.1 Å². The highest BCUT2D eigenvalue weighted by molar-refractivity contribution is 5.18. The third kappa shape index (κ3) is 4.96. The number of ether oxygens (including phenoxy) is 1. The van der Waals surface area contributed by atoms with Gasteiger partial charge in [-0.15, -0.1) is 0 Å². The summed E-state index contributed by atoms with van der Waals surface area (Å²) in [6, 6.07) is 11.0. The highest BCUT2D eigenvalue weighted by Crippen LogP contribution is 2.21. The number of rotatable bonds is 6. The summed E-state index contributed by atoms with van der Waals surface area (Å²) >= 11 is 0. The van der Waals surface area contributed by atoms with Crippen molar-refractivity contribution in [1.29, 1.82) is 0 Å². The molecule has 1 N–H and O–H groups in total. The van der Waals surface area contributed by atoms with Crippen LogP contribution in [-0.4, -0.2) is 19.3 Å². The molecule has 1 saturated carbocycles. The lowest BCUT2D eigenvalue weighted by molar-refractivity contribution is 0.0291. The van der Waals surface area contributed by atoms with Crippen LogP contribution in [0.5, 0.6) is 0 Å². The predicted octanol–water partition coefficient (Wildman–Crippen LogP) is 4.08. The van der Waals surface area contributed by atoms with Crippen LogP contribution in [0, 0.1) is 0 Å². The molecule has 2 nitrogen and oxygen atoms in total. The van der Waals surface area contributed by atoms with Crippen molar-refractivity contribution in [2.75, 3.05) is 13.2 Å². The molecule has 2 heteroatoms. The van der Waals surface area contributed by atoms with Gasteiger partial charge in [0.2, 0.25) is 0 Å². The summed E-state index contributed by atoms with van der Waals surface area (Å²) in [5.74, 6) is 0. The summed E-state index contributed by atoms with van der Waals surface area (Å²) in [5.41, 5.74) is 1.33. The van der Waals surface area contributed by atoms with Gasteiger partial charge in [0.25, 0.3) is 0 Å². The van der Waals surface area contributed by atoms with Crippen molar-refractivity contribution in [1.82, 2.24) is 5.32 Å². The number of likely N-dealkylation sites (N-methyl/N-ethyl adjacent to an activating group) is 1. The summed E-state index contributed by atoms with van der Waals surface area (Å²) in [6.07, 6.45) is 8.41. The van der Waals surface area contributed by atoms with Gasteiger partial charge in [0.05, 0.1) is 18.8 Å². The van der Waals surface area contributed by atoms with Crippen LogP contribution in [0.15, 0.2) is 30.3 Å². The van der Waals surface area contributed by atoms with Gasteiger partial charge in [-0.2, -0.15) is 0 Å². The van der Waals surface area contributed by atoms with Crippen LogP contribution in [0.4, 0.5) is 0 Å². The molecular weight excluding hydrogens is 234 g/mol. The first-order valence-corrected chi connectivity index (χ1v) is 7.80. The van der Waals surface area contributed by atoms with Crippen molar-refractivity contribution < 1.29 is 4.74 Å². The molecule has 0 aromatic heterocycles. The van der Waals surface area contributed by atoms with Gasteiger partial charge in [0.1, 0.15) is 0 Å². The molecule has 0 saturated heterocycles. The first kappa shape index (κ1) is 14.5. The fourth-order valence-corrected chi connectivity index (χ4v) is 2.85. The van der Waals surface area contributed by atoms with Gasteiger partial charge in [-0.25, -0.2) is 0 Å². The summed E-state index contributed by atoms with van der Waals surface area (Å²) < 4.78 is 6.17. The van der Waals surface area contributed by atoms with E-state index in [2.05, 4.69) is 42.6 Å². The minimum Gasteiger partial charge on any atom is -0.376 e. The second kappa shape index (κ2) is 8.34. The zero-order valence-electron chi connectivity index (χ0n) is 12.1. The Kier molecular flexibility index (Phi) is 6.38. The molecule has 0 amide bonds. The molecule has 0 heterocycles.